The summed E-state index contributed by atoms with van der Waals surface area (Å²) in [7, 11) is 1.59. The first-order valence-corrected chi connectivity index (χ1v) is 8.60. The highest BCUT2D eigenvalue weighted by Gasteiger charge is 2.16. The predicted molar refractivity (Wildman–Crippen MR) is 99.8 cm³/mol. The van der Waals surface area contributed by atoms with Gasteiger partial charge < -0.3 is 9.72 Å². The van der Waals surface area contributed by atoms with Crippen LogP contribution in [0.4, 0.5) is 0 Å². The van der Waals surface area contributed by atoms with Gasteiger partial charge in [-0.15, -0.1) is 0 Å². The minimum atomic E-state index is -0.464. The Morgan fingerprint density at radius 1 is 1.12 bits per heavy atom. The summed E-state index contributed by atoms with van der Waals surface area (Å²) in [5.41, 5.74) is 1.86. The molecular weight excluding hydrogens is 352 g/mol. The van der Waals surface area contributed by atoms with E-state index in [1.165, 1.54) is 4.57 Å². The zero-order valence-electron chi connectivity index (χ0n) is 13.8. The SMILES string of the molecule is COc1ccc(Cn2c(=O)[nH]c3c(-c4ccncc4)nsc3c2=O)cc1. The minimum absolute atomic E-state index is 0.177. The van der Waals surface area contributed by atoms with Crippen LogP contribution in [0.5, 0.6) is 5.75 Å². The van der Waals surface area contributed by atoms with Gasteiger partial charge in [-0.25, -0.2) is 4.79 Å². The van der Waals surface area contributed by atoms with Gasteiger partial charge >= 0.3 is 5.69 Å². The second-order valence-corrected chi connectivity index (χ2v) is 6.41. The van der Waals surface area contributed by atoms with Crippen molar-refractivity contribution >= 4 is 21.7 Å². The maximum absolute atomic E-state index is 12.8. The fourth-order valence-electron chi connectivity index (χ4n) is 2.71. The third kappa shape index (κ3) is 2.80. The maximum atomic E-state index is 12.8. The van der Waals surface area contributed by atoms with Crippen molar-refractivity contribution in [1.29, 1.82) is 0 Å². The van der Waals surface area contributed by atoms with Gasteiger partial charge in [0.2, 0.25) is 0 Å². The van der Waals surface area contributed by atoms with E-state index in [9.17, 15) is 9.59 Å². The molecule has 0 amide bonds. The van der Waals surface area contributed by atoms with E-state index in [4.69, 9.17) is 4.74 Å². The Balaban J connectivity index is 1.80. The lowest BCUT2D eigenvalue weighted by molar-refractivity contribution is 0.414. The second kappa shape index (κ2) is 6.57. The summed E-state index contributed by atoms with van der Waals surface area (Å²) in [5.74, 6) is 0.718. The van der Waals surface area contributed by atoms with Crippen molar-refractivity contribution in [2.75, 3.05) is 7.11 Å². The van der Waals surface area contributed by atoms with E-state index in [0.29, 0.717) is 15.9 Å². The number of H-pyrrole nitrogens is 1. The molecular formula is C18H14N4O3S. The Morgan fingerprint density at radius 2 is 1.85 bits per heavy atom. The highest BCUT2D eigenvalue weighted by molar-refractivity contribution is 7.13. The van der Waals surface area contributed by atoms with E-state index in [1.807, 2.05) is 12.1 Å². The van der Waals surface area contributed by atoms with Crippen LogP contribution in [0.3, 0.4) is 0 Å². The van der Waals surface area contributed by atoms with Crippen molar-refractivity contribution in [3.8, 4) is 17.0 Å². The lowest BCUT2D eigenvalue weighted by Gasteiger charge is -2.06. The fourth-order valence-corrected chi connectivity index (χ4v) is 3.51. The zero-order valence-corrected chi connectivity index (χ0v) is 14.6. The molecule has 1 aromatic carbocycles. The molecule has 4 aromatic rings. The van der Waals surface area contributed by atoms with Gasteiger partial charge in [-0.05, 0) is 41.4 Å². The quantitative estimate of drug-likeness (QED) is 0.598. The molecule has 3 aromatic heterocycles. The van der Waals surface area contributed by atoms with Gasteiger partial charge in [0.05, 0.1) is 19.2 Å². The van der Waals surface area contributed by atoms with E-state index in [-0.39, 0.29) is 12.1 Å². The topological polar surface area (TPSA) is 89.9 Å². The van der Waals surface area contributed by atoms with E-state index in [0.717, 1.165) is 28.4 Å². The van der Waals surface area contributed by atoms with Crippen LogP contribution in [0.1, 0.15) is 5.56 Å². The summed E-state index contributed by atoms with van der Waals surface area (Å²) in [6.07, 6.45) is 3.28. The van der Waals surface area contributed by atoms with Crippen LogP contribution >= 0.6 is 11.5 Å². The number of rotatable bonds is 4. The van der Waals surface area contributed by atoms with Crippen molar-refractivity contribution < 1.29 is 4.74 Å². The van der Waals surface area contributed by atoms with Crippen molar-refractivity contribution in [2.24, 2.45) is 0 Å². The van der Waals surface area contributed by atoms with E-state index in [2.05, 4.69) is 14.3 Å². The first-order valence-electron chi connectivity index (χ1n) is 7.83. The molecule has 0 radical (unpaired) electrons. The summed E-state index contributed by atoms with van der Waals surface area (Å²) in [5, 5.41) is 0. The standard InChI is InChI=1S/C18H14N4O3S/c1-25-13-4-2-11(3-5-13)10-22-17(23)16-15(20-18(22)24)14(21-26-16)12-6-8-19-9-7-12/h2-9H,10H2,1H3,(H,20,24). The number of ether oxygens (including phenoxy) is 1. The number of fused-ring (bicyclic) bond motifs is 1. The van der Waals surface area contributed by atoms with Gasteiger partial charge in [0, 0.05) is 18.0 Å². The van der Waals surface area contributed by atoms with E-state index >= 15 is 0 Å². The Bertz CT molecular complexity index is 1180. The smallest absolute Gasteiger partial charge is 0.329 e. The summed E-state index contributed by atoms with van der Waals surface area (Å²) < 4.78 is 11.1. The van der Waals surface area contributed by atoms with Crippen LogP contribution in [0.15, 0.2) is 58.4 Å². The number of methoxy groups -OCH3 is 1. The molecule has 0 bridgehead atoms. The molecule has 4 rings (SSSR count). The van der Waals surface area contributed by atoms with Gasteiger partial charge in [-0.2, -0.15) is 4.37 Å². The summed E-state index contributed by atoms with van der Waals surface area (Å²) in [6, 6.07) is 10.8. The Morgan fingerprint density at radius 3 is 2.54 bits per heavy atom. The monoisotopic (exact) mass is 366 g/mol. The molecule has 0 fully saturated rings. The second-order valence-electron chi connectivity index (χ2n) is 5.64. The third-order valence-electron chi connectivity index (χ3n) is 4.06. The molecule has 0 aliphatic heterocycles. The molecule has 0 unspecified atom stereocenters. The number of aromatic amines is 1. The van der Waals surface area contributed by atoms with Crippen LogP contribution in [0.25, 0.3) is 21.5 Å². The van der Waals surface area contributed by atoms with Crippen molar-refractivity contribution in [3.05, 3.63) is 75.2 Å². The average Bonchev–Trinajstić information content (AvgIpc) is 3.10. The molecule has 0 saturated carbocycles. The lowest BCUT2D eigenvalue weighted by atomic mass is 10.2. The van der Waals surface area contributed by atoms with Crippen molar-refractivity contribution in [1.82, 2.24) is 18.9 Å². The number of pyridine rings is 1. The summed E-state index contributed by atoms with van der Waals surface area (Å²) in [4.78, 5) is 32.1. The van der Waals surface area contributed by atoms with Gasteiger partial charge in [-0.1, -0.05) is 12.1 Å². The van der Waals surface area contributed by atoms with Crippen LogP contribution in [0, 0.1) is 0 Å². The molecule has 0 atom stereocenters. The van der Waals surface area contributed by atoms with Crippen LogP contribution in [-0.4, -0.2) is 26.0 Å². The average molecular weight is 366 g/mol. The van der Waals surface area contributed by atoms with Gasteiger partial charge in [0.25, 0.3) is 5.56 Å². The first kappa shape index (κ1) is 16.2. The van der Waals surface area contributed by atoms with Crippen molar-refractivity contribution in [3.63, 3.8) is 0 Å². The van der Waals surface area contributed by atoms with Gasteiger partial charge in [-0.3, -0.25) is 14.3 Å². The highest BCUT2D eigenvalue weighted by Crippen LogP contribution is 2.26. The third-order valence-corrected chi connectivity index (χ3v) is 4.90. The molecule has 3 heterocycles. The number of hydrogen-bond donors (Lipinski definition) is 1. The largest absolute Gasteiger partial charge is 0.497 e. The molecule has 7 nitrogen and oxygen atoms in total. The number of benzene rings is 1. The molecule has 0 saturated heterocycles. The van der Waals surface area contributed by atoms with Crippen LogP contribution < -0.4 is 16.0 Å². The summed E-state index contributed by atoms with van der Waals surface area (Å²) >= 11 is 1.08. The zero-order chi connectivity index (χ0) is 18.1. The number of nitrogens with zero attached hydrogens (tertiary/aromatic N) is 3. The van der Waals surface area contributed by atoms with Crippen molar-refractivity contribution in [2.45, 2.75) is 6.54 Å². The number of nitrogens with one attached hydrogen (secondary N) is 1. The number of aromatic nitrogens is 4. The molecule has 0 spiro atoms. The van der Waals surface area contributed by atoms with E-state index < -0.39 is 5.69 Å². The Labute approximate surface area is 151 Å². The fraction of sp³-hybridized carbons (Fsp3) is 0.111. The highest BCUT2D eigenvalue weighted by atomic mass is 32.1. The van der Waals surface area contributed by atoms with Crippen LogP contribution in [-0.2, 0) is 6.54 Å². The molecule has 1 N–H and O–H groups in total. The van der Waals surface area contributed by atoms with Gasteiger partial charge in [0.15, 0.2) is 0 Å². The molecule has 8 heteroatoms. The normalized spacial score (nSPS) is 11.0. The minimum Gasteiger partial charge on any atom is -0.497 e. The van der Waals surface area contributed by atoms with Gasteiger partial charge in [0.1, 0.15) is 16.1 Å². The molecule has 0 aliphatic rings. The van der Waals surface area contributed by atoms with E-state index in [1.54, 1.807) is 43.8 Å². The maximum Gasteiger partial charge on any atom is 0.329 e. The Kier molecular flexibility index (Phi) is 4.10. The summed E-state index contributed by atoms with van der Waals surface area (Å²) in [6.45, 7) is 0.177. The molecule has 0 aliphatic carbocycles. The van der Waals surface area contributed by atoms with Crippen LogP contribution in [0.2, 0.25) is 0 Å². The molecule has 26 heavy (non-hydrogen) atoms. The first-order chi connectivity index (χ1) is 12.7. The number of hydrogen-bond acceptors (Lipinski definition) is 6. The predicted octanol–water partition coefficient (Wildman–Crippen LogP) is 2.27. The Hall–Kier alpha value is -3.26. The lowest BCUT2D eigenvalue weighted by Crippen LogP contribution is -2.34. The molecule has 130 valence electrons.